The Bertz CT molecular complexity index is 1160. The first-order valence-corrected chi connectivity index (χ1v) is 11.9. The minimum absolute atomic E-state index is 0.157. The van der Waals surface area contributed by atoms with E-state index in [1.165, 1.54) is 5.56 Å². The summed E-state index contributed by atoms with van der Waals surface area (Å²) >= 11 is 0. The van der Waals surface area contributed by atoms with Crippen LogP contribution in [0.5, 0.6) is 5.75 Å². The van der Waals surface area contributed by atoms with E-state index in [9.17, 15) is 19.2 Å². The fourth-order valence-electron chi connectivity index (χ4n) is 4.71. The Kier molecular flexibility index (Phi) is 6.61. The molecule has 0 unspecified atom stereocenters. The van der Waals surface area contributed by atoms with Crippen LogP contribution in [0.3, 0.4) is 0 Å². The lowest BCUT2D eigenvalue weighted by atomic mass is 10.1. The molecular formula is C26H27N3O6. The minimum Gasteiger partial charge on any atom is -0.488 e. The Hall–Kier alpha value is -3.56. The van der Waals surface area contributed by atoms with Gasteiger partial charge in [0.25, 0.3) is 11.8 Å². The van der Waals surface area contributed by atoms with Gasteiger partial charge in [0, 0.05) is 26.1 Å². The maximum Gasteiger partial charge on any atom is 0.266 e. The average molecular weight is 478 g/mol. The number of rotatable bonds is 6. The summed E-state index contributed by atoms with van der Waals surface area (Å²) in [7, 11) is 0. The van der Waals surface area contributed by atoms with Crippen LogP contribution in [-0.2, 0) is 27.5 Å². The van der Waals surface area contributed by atoms with Crippen molar-refractivity contribution in [2.75, 3.05) is 26.3 Å². The lowest BCUT2D eigenvalue weighted by Gasteiger charge is -2.26. The predicted octanol–water partition coefficient (Wildman–Crippen LogP) is 1.89. The molecule has 3 aliphatic heterocycles. The van der Waals surface area contributed by atoms with Crippen LogP contribution in [0.25, 0.3) is 0 Å². The number of fused-ring (bicyclic) bond motifs is 1. The van der Waals surface area contributed by atoms with Gasteiger partial charge < -0.3 is 9.47 Å². The number of nitrogens with zero attached hydrogens (tertiary/aromatic N) is 2. The van der Waals surface area contributed by atoms with Crippen LogP contribution in [0.1, 0.15) is 51.1 Å². The molecule has 182 valence electrons. The van der Waals surface area contributed by atoms with Gasteiger partial charge in [0.1, 0.15) is 18.4 Å². The van der Waals surface area contributed by atoms with Crippen molar-refractivity contribution in [3.8, 4) is 5.75 Å². The smallest absolute Gasteiger partial charge is 0.266 e. The third kappa shape index (κ3) is 4.82. The Balaban J connectivity index is 1.28. The number of hydrogen-bond acceptors (Lipinski definition) is 7. The van der Waals surface area contributed by atoms with Gasteiger partial charge in [-0.1, -0.05) is 30.3 Å². The van der Waals surface area contributed by atoms with Crippen LogP contribution in [0, 0.1) is 0 Å². The second-order valence-corrected chi connectivity index (χ2v) is 8.97. The van der Waals surface area contributed by atoms with Crippen molar-refractivity contribution >= 4 is 23.6 Å². The van der Waals surface area contributed by atoms with Crippen molar-refractivity contribution in [1.82, 2.24) is 15.1 Å². The van der Waals surface area contributed by atoms with Crippen molar-refractivity contribution in [2.45, 2.75) is 38.5 Å². The van der Waals surface area contributed by atoms with Crippen molar-refractivity contribution in [3.05, 3.63) is 64.7 Å². The first-order chi connectivity index (χ1) is 17.0. The molecule has 9 nitrogen and oxygen atoms in total. The molecule has 3 heterocycles. The van der Waals surface area contributed by atoms with E-state index in [0.717, 1.165) is 43.3 Å². The molecule has 2 aromatic carbocycles. The largest absolute Gasteiger partial charge is 0.488 e. The van der Waals surface area contributed by atoms with E-state index >= 15 is 0 Å². The molecular weight excluding hydrogens is 450 g/mol. The van der Waals surface area contributed by atoms with Gasteiger partial charge in [0.05, 0.1) is 24.3 Å². The van der Waals surface area contributed by atoms with E-state index in [4.69, 9.17) is 9.47 Å². The summed E-state index contributed by atoms with van der Waals surface area (Å²) in [5.41, 5.74) is 2.50. The third-order valence-electron chi connectivity index (χ3n) is 6.59. The van der Waals surface area contributed by atoms with Gasteiger partial charge in [-0.15, -0.1) is 0 Å². The molecule has 0 aromatic heterocycles. The molecule has 2 aromatic rings. The summed E-state index contributed by atoms with van der Waals surface area (Å²) in [4.78, 5) is 53.8. The zero-order valence-electron chi connectivity index (χ0n) is 19.3. The predicted molar refractivity (Wildman–Crippen MR) is 125 cm³/mol. The quantitative estimate of drug-likeness (QED) is 0.634. The van der Waals surface area contributed by atoms with E-state index in [-0.39, 0.29) is 30.6 Å². The summed E-state index contributed by atoms with van der Waals surface area (Å²) in [6.45, 7) is 4.46. The topological polar surface area (TPSA) is 105 Å². The SMILES string of the molecule is O=C1CCC[C@H](N2C(=O)c3cccc(OCc4ccc(CN5CCOCC5)cc4)c3C2=O)C(=O)N1. The molecule has 3 aliphatic rings. The maximum atomic E-state index is 13.3. The second-order valence-electron chi connectivity index (χ2n) is 8.97. The summed E-state index contributed by atoms with van der Waals surface area (Å²) in [6.07, 6.45) is 0.849. The van der Waals surface area contributed by atoms with Crippen LogP contribution < -0.4 is 10.1 Å². The molecule has 2 saturated heterocycles. The van der Waals surface area contributed by atoms with Crippen LogP contribution in [-0.4, -0.2) is 65.8 Å². The summed E-state index contributed by atoms with van der Waals surface area (Å²) < 4.78 is 11.4. The number of benzene rings is 2. The monoisotopic (exact) mass is 477 g/mol. The molecule has 4 amide bonds. The van der Waals surface area contributed by atoms with E-state index in [1.807, 2.05) is 12.1 Å². The molecule has 35 heavy (non-hydrogen) atoms. The number of morpholine rings is 1. The molecule has 1 atom stereocenters. The van der Waals surface area contributed by atoms with Crippen molar-refractivity contribution in [1.29, 1.82) is 0 Å². The Morgan fingerprint density at radius 2 is 1.69 bits per heavy atom. The van der Waals surface area contributed by atoms with Gasteiger partial charge in [-0.05, 0) is 36.1 Å². The molecule has 0 radical (unpaired) electrons. The molecule has 0 aliphatic carbocycles. The van der Waals surface area contributed by atoms with Crippen LogP contribution in [0.2, 0.25) is 0 Å². The van der Waals surface area contributed by atoms with Crippen molar-refractivity contribution < 1.29 is 28.7 Å². The third-order valence-corrected chi connectivity index (χ3v) is 6.59. The van der Waals surface area contributed by atoms with E-state index in [0.29, 0.717) is 12.2 Å². The van der Waals surface area contributed by atoms with Gasteiger partial charge >= 0.3 is 0 Å². The fourth-order valence-corrected chi connectivity index (χ4v) is 4.71. The molecule has 0 saturated carbocycles. The molecule has 1 N–H and O–H groups in total. The minimum atomic E-state index is -1.01. The standard InChI is InChI=1S/C26H27N3O6/c30-22-6-2-4-20(24(31)27-22)29-25(32)19-3-1-5-21(23(19)26(29)33)35-16-18-9-7-17(8-10-18)15-28-11-13-34-14-12-28/h1,3,5,7-10,20H,2,4,6,11-16H2,(H,27,30,31)/t20-/m0/s1. The average Bonchev–Trinajstić information content (AvgIpc) is 3.00. The number of nitrogens with one attached hydrogen (secondary N) is 1. The first kappa shape index (κ1) is 23.2. The van der Waals surface area contributed by atoms with Crippen molar-refractivity contribution in [2.24, 2.45) is 0 Å². The maximum absolute atomic E-state index is 13.3. The number of imide groups is 2. The van der Waals surface area contributed by atoms with E-state index < -0.39 is 29.7 Å². The highest BCUT2D eigenvalue weighted by molar-refractivity contribution is 6.24. The Morgan fingerprint density at radius 3 is 2.46 bits per heavy atom. The van der Waals surface area contributed by atoms with Crippen molar-refractivity contribution in [3.63, 3.8) is 0 Å². The van der Waals surface area contributed by atoms with Gasteiger partial charge in [-0.2, -0.15) is 0 Å². The normalized spacial score (nSPS) is 21.0. The molecule has 0 spiro atoms. The molecule has 5 rings (SSSR count). The Labute approximate surface area is 203 Å². The Morgan fingerprint density at radius 1 is 0.943 bits per heavy atom. The number of carbonyl (C=O) groups excluding carboxylic acids is 4. The zero-order chi connectivity index (χ0) is 24.4. The first-order valence-electron chi connectivity index (χ1n) is 11.9. The van der Waals surface area contributed by atoms with Gasteiger partial charge in [0.15, 0.2) is 0 Å². The van der Waals surface area contributed by atoms with Gasteiger partial charge in [-0.25, -0.2) is 0 Å². The van der Waals surface area contributed by atoms with Crippen LogP contribution >= 0.6 is 0 Å². The van der Waals surface area contributed by atoms with E-state index in [2.05, 4.69) is 22.3 Å². The highest BCUT2D eigenvalue weighted by Gasteiger charge is 2.45. The molecule has 2 fully saturated rings. The number of carbonyl (C=O) groups is 4. The highest BCUT2D eigenvalue weighted by Crippen LogP contribution is 2.34. The lowest BCUT2D eigenvalue weighted by molar-refractivity contribution is -0.131. The number of hydrogen-bond donors (Lipinski definition) is 1. The molecule has 0 bridgehead atoms. The summed E-state index contributed by atoms with van der Waals surface area (Å²) in [5.74, 6) is -1.84. The fraction of sp³-hybridized carbons (Fsp3) is 0.385. The van der Waals surface area contributed by atoms with Crippen LogP contribution in [0.15, 0.2) is 42.5 Å². The van der Waals surface area contributed by atoms with Gasteiger partial charge in [-0.3, -0.25) is 34.3 Å². The lowest BCUT2D eigenvalue weighted by Crippen LogP contribution is -2.49. The van der Waals surface area contributed by atoms with E-state index in [1.54, 1.807) is 18.2 Å². The van der Waals surface area contributed by atoms with Crippen LogP contribution in [0.4, 0.5) is 0 Å². The highest BCUT2D eigenvalue weighted by atomic mass is 16.5. The number of ether oxygens (including phenoxy) is 2. The second kappa shape index (κ2) is 9.97. The van der Waals surface area contributed by atoms with Gasteiger partial charge in [0.2, 0.25) is 11.8 Å². The summed E-state index contributed by atoms with van der Waals surface area (Å²) in [5, 5.41) is 2.26. The number of amides is 4. The zero-order valence-corrected chi connectivity index (χ0v) is 19.3. The summed E-state index contributed by atoms with van der Waals surface area (Å²) in [6, 6.07) is 12.0. The molecule has 9 heteroatoms.